The molecule has 0 bridgehead atoms. The summed E-state index contributed by atoms with van der Waals surface area (Å²) in [7, 11) is 2.52. The summed E-state index contributed by atoms with van der Waals surface area (Å²) in [5, 5.41) is 0. The van der Waals surface area contributed by atoms with Gasteiger partial charge in [-0.15, -0.1) is 0 Å². The second kappa shape index (κ2) is 7.68. The largest absolute Gasteiger partial charge is 0.469 e. The number of cyclic esters (lactones) is 1. The molecule has 0 radical (unpaired) electrons. The Hall–Kier alpha value is -2.41. The van der Waals surface area contributed by atoms with E-state index in [4.69, 9.17) is 14.2 Å². The number of hydrogen-bond acceptors (Lipinski definition) is 7. The van der Waals surface area contributed by atoms with Crippen molar-refractivity contribution >= 4 is 17.9 Å². The molecule has 2 aliphatic heterocycles. The molecular weight excluding hydrogens is 350 g/mol. The number of benzene rings is 1. The van der Waals surface area contributed by atoms with Crippen LogP contribution >= 0.6 is 0 Å². The lowest BCUT2D eigenvalue weighted by Crippen LogP contribution is -2.55. The molecule has 0 N–H and O–H groups in total. The zero-order valence-corrected chi connectivity index (χ0v) is 16.0. The van der Waals surface area contributed by atoms with Gasteiger partial charge in [0.2, 0.25) is 0 Å². The normalized spacial score (nSPS) is 30.6. The third kappa shape index (κ3) is 3.32. The molecule has 1 aromatic rings. The quantitative estimate of drug-likeness (QED) is 0.584. The lowest BCUT2D eigenvalue weighted by molar-refractivity contribution is -0.181. The minimum Gasteiger partial charge on any atom is -0.469 e. The number of hydrogen-bond donors (Lipinski definition) is 0. The predicted octanol–water partition coefficient (Wildman–Crippen LogP) is 1.57. The van der Waals surface area contributed by atoms with E-state index in [9.17, 15) is 14.4 Å². The number of ether oxygens (including phenoxy) is 3. The number of carbonyl (C=O) groups excluding carboxylic acids is 3. The fraction of sp³-hybridized carbons (Fsp3) is 0.550. The minimum atomic E-state index is -0.950. The van der Waals surface area contributed by atoms with Crippen LogP contribution in [0.25, 0.3) is 0 Å². The van der Waals surface area contributed by atoms with Gasteiger partial charge in [-0.2, -0.15) is 0 Å². The number of carbonyl (C=O) groups is 3. The summed E-state index contributed by atoms with van der Waals surface area (Å²) >= 11 is 0. The number of fused-ring (bicyclic) bond motifs is 1. The molecule has 0 amide bonds. The van der Waals surface area contributed by atoms with Crippen LogP contribution in [0.2, 0.25) is 0 Å². The number of esters is 3. The highest BCUT2D eigenvalue weighted by molar-refractivity contribution is 5.91. The summed E-state index contributed by atoms with van der Waals surface area (Å²) in [4.78, 5) is 39.5. The number of rotatable bonds is 4. The Morgan fingerprint density at radius 2 is 1.70 bits per heavy atom. The van der Waals surface area contributed by atoms with Crippen LogP contribution in [0.4, 0.5) is 0 Å². The molecule has 2 aliphatic rings. The van der Waals surface area contributed by atoms with Crippen LogP contribution in [0.3, 0.4) is 0 Å². The Labute approximate surface area is 158 Å². The summed E-state index contributed by atoms with van der Waals surface area (Å²) in [6.07, 6.45) is -0.383. The van der Waals surface area contributed by atoms with E-state index < -0.39 is 35.8 Å². The van der Waals surface area contributed by atoms with E-state index in [0.29, 0.717) is 0 Å². The standard InChI is InChI=1S/C20H25NO6/c1-11(2)17-15(12-8-6-5-7-9-12)21-10-13(18(22)25-3)14(19(23)26-4)16(21)20(24)27-17/h5-9,11,13-17H,10H2,1-4H3/t13-,14-,15+,16+,17-/m0/s1. The molecule has 0 aliphatic carbocycles. The van der Waals surface area contributed by atoms with Crippen molar-refractivity contribution in [1.29, 1.82) is 0 Å². The number of morpholine rings is 1. The van der Waals surface area contributed by atoms with Gasteiger partial charge >= 0.3 is 17.9 Å². The van der Waals surface area contributed by atoms with Gasteiger partial charge in [0.15, 0.2) is 0 Å². The maximum absolute atomic E-state index is 12.8. The lowest BCUT2D eigenvalue weighted by atomic mass is 9.87. The van der Waals surface area contributed by atoms with Crippen molar-refractivity contribution in [2.75, 3.05) is 20.8 Å². The first-order valence-electron chi connectivity index (χ1n) is 9.07. The van der Waals surface area contributed by atoms with Crippen LogP contribution in [-0.4, -0.2) is 55.7 Å². The van der Waals surface area contributed by atoms with Crippen LogP contribution in [0.15, 0.2) is 30.3 Å². The molecule has 2 saturated heterocycles. The maximum atomic E-state index is 12.8. The summed E-state index contributed by atoms with van der Waals surface area (Å²) in [5.74, 6) is -3.30. The summed E-state index contributed by atoms with van der Waals surface area (Å²) in [6, 6.07) is 8.56. The highest BCUT2D eigenvalue weighted by Gasteiger charge is 2.60. The Morgan fingerprint density at radius 3 is 2.26 bits per heavy atom. The molecule has 2 fully saturated rings. The topological polar surface area (TPSA) is 82.1 Å². The van der Waals surface area contributed by atoms with Gasteiger partial charge in [-0.3, -0.25) is 19.3 Å². The lowest BCUT2D eigenvalue weighted by Gasteiger charge is -2.44. The third-order valence-corrected chi connectivity index (χ3v) is 5.48. The van der Waals surface area contributed by atoms with Crippen molar-refractivity contribution in [3.8, 4) is 0 Å². The van der Waals surface area contributed by atoms with Gasteiger partial charge in [-0.25, -0.2) is 0 Å². The van der Waals surface area contributed by atoms with Crippen molar-refractivity contribution < 1.29 is 28.6 Å². The summed E-state index contributed by atoms with van der Waals surface area (Å²) in [5.41, 5.74) is 0.975. The molecule has 7 nitrogen and oxygen atoms in total. The molecule has 5 atom stereocenters. The molecule has 3 rings (SSSR count). The molecule has 27 heavy (non-hydrogen) atoms. The minimum absolute atomic E-state index is 0.0638. The van der Waals surface area contributed by atoms with Crippen LogP contribution in [0.1, 0.15) is 25.5 Å². The predicted molar refractivity (Wildman–Crippen MR) is 95.4 cm³/mol. The summed E-state index contributed by atoms with van der Waals surface area (Å²) in [6.45, 7) is 4.20. The smallest absolute Gasteiger partial charge is 0.324 e. The molecule has 0 saturated carbocycles. The van der Waals surface area contributed by atoms with E-state index in [1.807, 2.05) is 49.1 Å². The molecule has 7 heteroatoms. The van der Waals surface area contributed by atoms with Crippen LogP contribution in [0.5, 0.6) is 0 Å². The van der Waals surface area contributed by atoms with E-state index in [2.05, 4.69) is 0 Å². The fourth-order valence-electron chi connectivity index (χ4n) is 4.24. The van der Waals surface area contributed by atoms with E-state index in [1.165, 1.54) is 14.2 Å². The molecule has 1 aromatic carbocycles. The Bertz CT molecular complexity index is 718. The molecule has 2 heterocycles. The first-order valence-corrected chi connectivity index (χ1v) is 9.07. The monoisotopic (exact) mass is 375 g/mol. The average Bonchev–Trinajstić information content (AvgIpc) is 3.08. The highest BCUT2D eigenvalue weighted by atomic mass is 16.6. The number of methoxy groups -OCH3 is 2. The zero-order valence-electron chi connectivity index (χ0n) is 16.0. The molecule has 0 aromatic heterocycles. The van der Waals surface area contributed by atoms with E-state index in [-0.39, 0.29) is 24.6 Å². The van der Waals surface area contributed by atoms with Crippen LogP contribution in [0, 0.1) is 17.8 Å². The van der Waals surface area contributed by atoms with Crippen LogP contribution < -0.4 is 0 Å². The van der Waals surface area contributed by atoms with Crippen molar-refractivity contribution in [1.82, 2.24) is 4.90 Å². The van der Waals surface area contributed by atoms with Gasteiger partial charge in [0.05, 0.1) is 32.1 Å². The van der Waals surface area contributed by atoms with Gasteiger partial charge in [0.1, 0.15) is 12.1 Å². The van der Waals surface area contributed by atoms with Gasteiger partial charge in [-0.05, 0) is 11.5 Å². The van der Waals surface area contributed by atoms with Crippen molar-refractivity contribution in [2.45, 2.75) is 32.0 Å². The molecule has 0 spiro atoms. The van der Waals surface area contributed by atoms with Crippen LogP contribution in [-0.2, 0) is 28.6 Å². The Kier molecular flexibility index (Phi) is 5.51. The van der Waals surface area contributed by atoms with E-state index in [0.717, 1.165) is 5.56 Å². The molecule has 0 unspecified atom stereocenters. The highest BCUT2D eigenvalue weighted by Crippen LogP contribution is 2.45. The molecule has 146 valence electrons. The second-order valence-corrected chi connectivity index (χ2v) is 7.32. The van der Waals surface area contributed by atoms with Crippen molar-refractivity contribution in [3.05, 3.63) is 35.9 Å². The van der Waals surface area contributed by atoms with Gasteiger partial charge in [0, 0.05) is 6.54 Å². The van der Waals surface area contributed by atoms with Gasteiger partial charge < -0.3 is 14.2 Å². The SMILES string of the molecule is COC(=O)[C@H]1[C@@H](C(=O)OC)CN2[C@H](c3ccccc3)[C@H](C(C)C)OC(=O)[C@@H]12. The van der Waals surface area contributed by atoms with Crippen molar-refractivity contribution in [3.63, 3.8) is 0 Å². The molecular formula is C20H25NO6. The van der Waals surface area contributed by atoms with Gasteiger partial charge in [-0.1, -0.05) is 44.2 Å². The first kappa shape index (κ1) is 19.4. The number of nitrogens with zero attached hydrogens (tertiary/aromatic N) is 1. The fourth-order valence-corrected chi connectivity index (χ4v) is 4.24. The third-order valence-electron chi connectivity index (χ3n) is 5.48. The maximum Gasteiger partial charge on any atom is 0.324 e. The Morgan fingerprint density at radius 1 is 1.07 bits per heavy atom. The zero-order chi connectivity index (χ0) is 19.7. The second-order valence-electron chi connectivity index (χ2n) is 7.32. The Balaban J connectivity index is 2.07. The van der Waals surface area contributed by atoms with Gasteiger partial charge in [0.25, 0.3) is 0 Å². The summed E-state index contributed by atoms with van der Waals surface area (Å²) < 4.78 is 15.6. The van der Waals surface area contributed by atoms with Crippen molar-refractivity contribution in [2.24, 2.45) is 17.8 Å². The average molecular weight is 375 g/mol. The first-order chi connectivity index (χ1) is 12.9. The van der Waals surface area contributed by atoms with E-state index in [1.54, 1.807) is 0 Å². The van der Waals surface area contributed by atoms with E-state index >= 15 is 0 Å².